The van der Waals surface area contributed by atoms with Crippen molar-refractivity contribution in [3.8, 4) is 0 Å². The first-order valence-corrected chi connectivity index (χ1v) is 8.21. The molecule has 2 aliphatic rings. The summed E-state index contributed by atoms with van der Waals surface area (Å²) in [6.07, 6.45) is -9.22. The average molecular weight is 402 g/mol. The van der Waals surface area contributed by atoms with Gasteiger partial charge in [-0.15, -0.1) is 0 Å². The second kappa shape index (κ2) is 12.2. The lowest BCUT2D eigenvalue weighted by Crippen LogP contribution is -2.58. The Morgan fingerprint density at radius 3 is 1.48 bits per heavy atom. The van der Waals surface area contributed by atoms with Crippen LogP contribution in [0, 0.1) is 5.92 Å². The van der Waals surface area contributed by atoms with Crippen LogP contribution < -0.4 is 0 Å². The minimum Gasteiger partial charge on any atom is -0.394 e. The van der Waals surface area contributed by atoms with E-state index >= 15 is 0 Å². The van der Waals surface area contributed by atoms with E-state index in [1.165, 1.54) is 14.2 Å². The first-order chi connectivity index (χ1) is 12.2. The fourth-order valence-corrected chi connectivity index (χ4v) is 2.75. The maximum absolute atomic E-state index is 9.53. The van der Waals surface area contributed by atoms with E-state index in [9.17, 15) is 25.5 Å². The molecule has 27 heavy (non-hydrogen) atoms. The highest BCUT2D eigenvalue weighted by molar-refractivity contribution is 4.88. The van der Waals surface area contributed by atoms with Crippen molar-refractivity contribution in [2.45, 2.75) is 69.7 Å². The summed E-state index contributed by atoms with van der Waals surface area (Å²) in [6.45, 7) is 0.950. The van der Waals surface area contributed by atoms with Crippen LogP contribution in [-0.2, 0) is 18.9 Å². The highest BCUT2D eigenvalue weighted by Crippen LogP contribution is 2.26. The van der Waals surface area contributed by atoms with E-state index < -0.39 is 61.9 Å². The highest BCUT2D eigenvalue weighted by Gasteiger charge is 2.43. The van der Waals surface area contributed by atoms with E-state index in [-0.39, 0.29) is 20.0 Å². The molecule has 0 saturated carbocycles. The summed E-state index contributed by atoms with van der Waals surface area (Å²) >= 11 is 0. The molecule has 0 aromatic heterocycles. The van der Waals surface area contributed by atoms with Crippen molar-refractivity contribution in [2.24, 2.45) is 5.92 Å². The van der Waals surface area contributed by atoms with Gasteiger partial charge in [0.1, 0.15) is 36.6 Å². The zero-order valence-electron chi connectivity index (χ0n) is 15.0. The second-order valence-corrected chi connectivity index (χ2v) is 6.23. The molecule has 164 valence electrons. The van der Waals surface area contributed by atoms with Gasteiger partial charge in [-0.1, -0.05) is 14.4 Å². The first kappa shape index (κ1) is 26.6. The minimum absolute atomic E-state index is 0. The van der Waals surface area contributed by atoms with Crippen molar-refractivity contribution < 1.29 is 54.7 Å². The van der Waals surface area contributed by atoms with Crippen LogP contribution in [0.1, 0.15) is 14.4 Å². The summed E-state index contributed by atoms with van der Waals surface area (Å²) in [5.74, 6) is -0.303. The van der Waals surface area contributed by atoms with Crippen molar-refractivity contribution in [2.75, 3.05) is 27.4 Å². The number of aliphatic hydroxyl groups excluding tert-OH is 7. The normalized spacial score (nSPS) is 44.7. The molecule has 10 atom stereocenters. The first-order valence-electron chi connectivity index (χ1n) is 8.21. The number of hydrogen-bond donors (Lipinski definition) is 7. The summed E-state index contributed by atoms with van der Waals surface area (Å²) in [6, 6.07) is 0. The maximum atomic E-state index is 9.53. The fourth-order valence-electron chi connectivity index (χ4n) is 2.75. The number of methoxy groups -OCH3 is 2. The zero-order valence-corrected chi connectivity index (χ0v) is 15.0. The second-order valence-electron chi connectivity index (χ2n) is 6.23. The van der Waals surface area contributed by atoms with Crippen LogP contribution in [0.2, 0.25) is 0 Å². The molecule has 11 heteroatoms. The average Bonchev–Trinajstić information content (AvgIpc) is 2.65. The molecule has 0 unspecified atom stereocenters. The van der Waals surface area contributed by atoms with Crippen LogP contribution in [0.25, 0.3) is 0 Å². The summed E-state index contributed by atoms with van der Waals surface area (Å²) in [5.41, 5.74) is 0. The van der Waals surface area contributed by atoms with Gasteiger partial charge in [-0.05, 0) is 0 Å². The van der Waals surface area contributed by atoms with Gasteiger partial charge < -0.3 is 54.7 Å². The number of hydrogen-bond acceptors (Lipinski definition) is 11. The molecule has 11 nitrogen and oxygen atoms in total. The Balaban J connectivity index is 0.000000483. The lowest BCUT2D eigenvalue weighted by atomic mass is 9.93. The van der Waals surface area contributed by atoms with Gasteiger partial charge in [0.05, 0.1) is 19.3 Å². The predicted octanol–water partition coefficient (Wildman–Crippen LogP) is -3.22. The smallest absolute Gasteiger partial charge is 0.186 e. The predicted molar refractivity (Wildman–Crippen MR) is 91.4 cm³/mol. The molecule has 7 N–H and O–H groups in total. The highest BCUT2D eigenvalue weighted by atomic mass is 16.7. The number of ether oxygens (including phenoxy) is 4. The van der Waals surface area contributed by atoms with Crippen LogP contribution in [0.3, 0.4) is 0 Å². The fraction of sp³-hybridized carbons (Fsp3) is 1.00. The lowest BCUT2D eigenvalue weighted by Gasteiger charge is -2.40. The van der Waals surface area contributed by atoms with E-state index in [0.29, 0.717) is 0 Å². The Kier molecular flexibility index (Phi) is 12.0. The summed E-state index contributed by atoms with van der Waals surface area (Å²) < 4.78 is 19.8. The van der Waals surface area contributed by atoms with E-state index in [2.05, 4.69) is 0 Å². The summed E-state index contributed by atoms with van der Waals surface area (Å²) in [4.78, 5) is 0. The van der Waals surface area contributed by atoms with Gasteiger partial charge in [-0.3, -0.25) is 0 Å². The van der Waals surface area contributed by atoms with Crippen LogP contribution >= 0.6 is 0 Å². The minimum atomic E-state index is -1.36. The monoisotopic (exact) mass is 402 g/mol. The molecule has 0 aliphatic carbocycles. The zero-order chi connectivity index (χ0) is 20.0. The van der Waals surface area contributed by atoms with Gasteiger partial charge in [-0.2, -0.15) is 0 Å². The molecule has 0 radical (unpaired) electrons. The van der Waals surface area contributed by atoms with E-state index in [0.717, 1.165) is 0 Å². The molecule has 2 rings (SSSR count). The van der Waals surface area contributed by atoms with E-state index in [4.69, 9.17) is 29.2 Å². The van der Waals surface area contributed by atoms with E-state index in [1.807, 2.05) is 0 Å². The molecule has 2 saturated heterocycles. The quantitative estimate of drug-likeness (QED) is 0.251. The van der Waals surface area contributed by atoms with Gasteiger partial charge in [0.15, 0.2) is 12.6 Å². The molecule has 0 bridgehead atoms. The third-order valence-corrected chi connectivity index (χ3v) is 4.50. The molecule has 0 aromatic rings. The van der Waals surface area contributed by atoms with Crippen molar-refractivity contribution in [3.63, 3.8) is 0 Å². The standard InChI is InChI=1S/C8H16O5.C7H14O6.CH4/c1-4-6(10)7(11)5(3-9)13-8(4)12-2;1-12-7-6(11)5(10)4(9)3(2-8)13-7;/h4-11H,3H2,1-2H3;3-11H,2H2,1H3;1H4/t4-,5-,6-,7+,8-;3-,4-,5+,6-,7-;/m11./s1. The third-order valence-electron chi connectivity index (χ3n) is 4.50. The van der Waals surface area contributed by atoms with Crippen LogP contribution in [-0.4, -0.2) is 118 Å². The number of rotatable bonds is 4. The Hall–Kier alpha value is -0.440. The van der Waals surface area contributed by atoms with Gasteiger partial charge in [0.25, 0.3) is 0 Å². The van der Waals surface area contributed by atoms with Crippen molar-refractivity contribution >= 4 is 0 Å². The Morgan fingerprint density at radius 1 is 0.667 bits per heavy atom. The van der Waals surface area contributed by atoms with Crippen LogP contribution in [0.4, 0.5) is 0 Å². The van der Waals surface area contributed by atoms with Crippen molar-refractivity contribution in [3.05, 3.63) is 0 Å². The van der Waals surface area contributed by atoms with Gasteiger partial charge in [0.2, 0.25) is 0 Å². The molecule has 0 amide bonds. The molecular formula is C16H34O11. The number of aliphatic hydroxyl groups is 7. The molecule has 2 fully saturated rings. The maximum Gasteiger partial charge on any atom is 0.186 e. The molecule has 2 heterocycles. The van der Waals surface area contributed by atoms with Crippen LogP contribution in [0.15, 0.2) is 0 Å². The van der Waals surface area contributed by atoms with Gasteiger partial charge >= 0.3 is 0 Å². The SMILES string of the molecule is C.CO[C@@H]1O[C@H](CO)[C@@H](O)[C@H](O)[C@H]1O.CO[C@@H]1O[C@H](CO)[C@H](O)[C@H](O)[C@H]1C. The summed E-state index contributed by atoms with van der Waals surface area (Å²) in [5, 5.41) is 64.4. The van der Waals surface area contributed by atoms with E-state index in [1.54, 1.807) is 6.92 Å². The topological polar surface area (TPSA) is 179 Å². The lowest BCUT2D eigenvalue weighted by molar-refractivity contribution is -0.294. The van der Waals surface area contributed by atoms with Gasteiger partial charge in [-0.25, -0.2) is 0 Å². The molecule has 0 aromatic carbocycles. The molecular weight excluding hydrogens is 368 g/mol. The molecule has 0 spiro atoms. The Bertz CT molecular complexity index is 323. The van der Waals surface area contributed by atoms with Crippen LogP contribution in [0.5, 0.6) is 0 Å². The Morgan fingerprint density at radius 2 is 1.07 bits per heavy atom. The summed E-state index contributed by atoms with van der Waals surface area (Å²) in [7, 11) is 2.76. The largest absolute Gasteiger partial charge is 0.394 e. The Labute approximate surface area is 158 Å². The third kappa shape index (κ3) is 6.27. The molecule has 2 aliphatic heterocycles. The van der Waals surface area contributed by atoms with Gasteiger partial charge in [0, 0.05) is 20.1 Å². The van der Waals surface area contributed by atoms with Crippen molar-refractivity contribution in [1.29, 1.82) is 0 Å². The van der Waals surface area contributed by atoms with Crippen molar-refractivity contribution in [1.82, 2.24) is 0 Å².